The highest BCUT2D eigenvalue weighted by atomic mass is 35.5. The Morgan fingerprint density at radius 1 is 0.786 bits per heavy atom. The molecule has 0 amide bonds. The highest BCUT2D eigenvalue weighted by Crippen LogP contribution is 2.23. The first-order chi connectivity index (χ1) is 13.5. The van der Waals surface area contributed by atoms with Gasteiger partial charge in [-0.15, -0.1) is 0 Å². The van der Waals surface area contributed by atoms with Gasteiger partial charge in [-0.3, -0.25) is 4.79 Å². The standard InChI is InChI=1S/C22H16Cl2O4/c23-17-8-11-19(20(24)12-17)21(25)13-28-22(26)14-27-18-9-6-16(7-10-18)15-4-2-1-3-5-15/h1-12H,13-14H2. The molecule has 0 atom stereocenters. The van der Waals surface area contributed by atoms with Gasteiger partial charge in [0, 0.05) is 10.6 Å². The number of carbonyl (C=O) groups excluding carboxylic acids is 2. The number of halogens is 2. The maximum absolute atomic E-state index is 12.1. The van der Waals surface area contributed by atoms with Gasteiger partial charge in [0.05, 0.1) is 5.02 Å². The van der Waals surface area contributed by atoms with Crippen LogP contribution in [-0.2, 0) is 9.53 Å². The average Bonchev–Trinajstić information content (AvgIpc) is 2.71. The molecule has 0 unspecified atom stereocenters. The summed E-state index contributed by atoms with van der Waals surface area (Å²) in [6, 6.07) is 21.8. The number of carbonyl (C=O) groups is 2. The van der Waals surface area contributed by atoms with Crippen LogP contribution in [0.25, 0.3) is 11.1 Å². The fourth-order valence-electron chi connectivity index (χ4n) is 2.50. The lowest BCUT2D eigenvalue weighted by Crippen LogP contribution is -2.19. The first-order valence-corrected chi connectivity index (χ1v) is 9.20. The molecule has 0 spiro atoms. The van der Waals surface area contributed by atoms with E-state index in [0.29, 0.717) is 10.8 Å². The van der Waals surface area contributed by atoms with Crippen molar-refractivity contribution in [2.45, 2.75) is 0 Å². The summed E-state index contributed by atoms with van der Waals surface area (Å²) < 4.78 is 10.4. The van der Waals surface area contributed by atoms with Crippen LogP contribution in [0.2, 0.25) is 10.0 Å². The van der Waals surface area contributed by atoms with Crippen molar-refractivity contribution in [3.8, 4) is 16.9 Å². The highest BCUT2D eigenvalue weighted by Gasteiger charge is 2.14. The van der Waals surface area contributed by atoms with E-state index in [-0.39, 0.29) is 17.2 Å². The fraction of sp³-hybridized carbons (Fsp3) is 0.0909. The van der Waals surface area contributed by atoms with Crippen LogP contribution in [0.15, 0.2) is 72.8 Å². The Bertz CT molecular complexity index is 970. The zero-order chi connectivity index (χ0) is 19.9. The predicted octanol–water partition coefficient (Wildman–Crippen LogP) is 5.47. The minimum Gasteiger partial charge on any atom is -0.482 e. The van der Waals surface area contributed by atoms with Gasteiger partial charge in [-0.25, -0.2) is 4.79 Å². The second-order valence-corrected chi connectivity index (χ2v) is 6.73. The van der Waals surface area contributed by atoms with Crippen molar-refractivity contribution < 1.29 is 19.1 Å². The molecule has 0 fully saturated rings. The summed E-state index contributed by atoms with van der Waals surface area (Å²) >= 11 is 11.8. The number of rotatable bonds is 7. The Morgan fingerprint density at radius 3 is 2.14 bits per heavy atom. The van der Waals surface area contributed by atoms with Crippen LogP contribution in [0, 0.1) is 0 Å². The second kappa shape index (κ2) is 9.40. The van der Waals surface area contributed by atoms with Crippen LogP contribution < -0.4 is 4.74 Å². The van der Waals surface area contributed by atoms with E-state index < -0.39 is 18.4 Å². The van der Waals surface area contributed by atoms with Gasteiger partial charge in [0.15, 0.2) is 13.2 Å². The van der Waals surface area contributed by atoms with E-state index in [9.17, 15) is 9.59 Å². The molecule has 3 aromatic rings. The molecule has 6 heteroatoms. The number of hydrogen-bond donors (Lipinski definition) is 0. The minimum atomic E-state index is -0.648. The highest BCUT2D eigenvalue weighted by molar-refractivity contribution is 6.36. The van der Waals surface area contributed by atoms with Crippen molar-refractivity contribution in [1.82, 2.24) is 0 Å². The molecule has 142 valence electrons. The molecule has 0 saturated carbocycles. The first kappa shape index (κ1) is 19.9. The van der Waals surface area contributed by atoms with E-state index in [2.05, 4.69) is 0 Å². The van der Waals surface area contributed by atoms with E-state index in [4.69, 9.17) is 32.7 Å². The van der Waals surface area contributed by atoms with Crippen LogP contribution in [-0.4, -0.2) is 25.0 Å². The summed E-state index contributed by atoms with van der Waals surface area (Å²) in [5.41, 5.74) is 2.38. The zero-order valence-electron chi connectivity index (χ0n) is 14.7. The first-order valence-electron chi connectivity index (χ1n) is 8.45. The van der Waals surface area contributed by atoms with Gasteiger partial charge < -0.3 is 9.47 Å². The van der Waals surface area contributed by atoms with Crippen molar-refractivity contribution in [3.63, 3.8) is 0 Å². The molecule has 4 nitrogen and oxygen atoms in total. The Labute approximate surface area is 172 Å². The molecule has 3 rings (SSSR count). The zero-order valence-corrected chi connectivity index (χ0v) is 16.2. The molecular weight excluding hydrogens is 399 g/mol. The summed E-state index contributed by atoms with van der Waals surface area (Å²) in [6.45, 7) is -0.719. The lowest BCUT2D eigenvalue weighted by Gasteiger charge is -2.08. The third kappa shape index (κ3) is 5.35. The summed E-state index contributed by atoms with van der Waals surface area (Å²) in [6.07, 6.45) is 0. The molecule has 0 heterocycles. The third-order valence-electron chi connectivity index (χ3n) is 3.91. The molecule has 0 aliphatic rings. The lowest BCUT2D eigenvalue weighted by atomic mass is 10.1. The van der Waals surface area contributed by atoms with Crippen LogP contribution in [0.4, 0.5) is 0 Å². The largest absolute Gasteiger partial charge is 0.482 e. The van der Waals surface area contributed by atoms with Crippen LogP contribution >= 0.6 is 23.2 Å². The molecule has 0 radical (unpaired) electrons. The number of ether oxygens (including phenoxy) is 2. The van der Waals surface area contributed by atoms with Crippen molar-refractivity contribution in [2.24, 2.45) is 0 Å². The fourth-order valence-corrected chi connectivity index (χ4v) is 3.01. The van der Waals surface area contributed by atoms with Crippen LogP contribution in [0.3, 0.4) is 0 Å². The molecule has 0 aliphatic carbocycles. The lowest BCUT2D eigenvalue weighted by molar-refractivity contribution is -0.144. The molecule has 0 saturated heterocycles. The number of ketones is 1. The van der Waals surface area contributed by atoms with Crippen molar-refractivity contribution in [1.29, 1.82) is 0 Å². The van der Waals surface area contributed by atoms with Gasteiger partial charge in [0.1, 0.15) is 5.75 Å². The van der Waals surface area contributed by atoms with Gasteiger partial charge in [0.2, 0.25) is 5.78 Å². The van der Waals surface area contributed by atoms with Gasteiger partial charge in [0.25, 0.3) is 0 Å². The number of hydrogen-bond acceptors (Lipinski definition) is 4. The Kier molecular flexibility index (Phi) is 6.69. The molecule has 0 aliphatic heterocycles. The van der Waals surface area contributed by atoms with Crippen LogP contribution in [0.5, 0.6) is 5.75 Å². The van der Waals surface area contributed by atoms with Crippen molar-refractivity contribution >= 4 is 35.0 Å². The second-order valence-electron chi connectivity index (χ2n) is 5.89. The topological polar surface area (TPSA) is 52.6 Å². The van der Waals surface area contributed by atoms with Crippen molar-refractivity contribution in [2.75, 3.05) is 13.2 Å². The van der Waals surface area contributed by atoms with Gasteiger partial charge in [-0.05, 0) is 41.5 Å². The Balaban J connectivity index is 1.48. The maximum Gasteiger partial charge on any atom is 0.344 e. The SMILES string of the molecule is O=C(COc1ccc(-c2ccccc2)cc1)OCC(=O)c1ccc(Cl)cc1Cl. The van der Waals surface area contributed by atoms with E-state index >= 15 is 0 Å². The van der Waals surface area contributed by atoms with Crippen LogP contribution in [0.1, 0.15) is 10.4 Å². The maximum atomic E-state index is 12.1. The van der Waals surface area contributed by atoms with Crippen molar-refractivity contribution in [3.05, 3.63) is 88.4 Å². The number of Topliss-reactive ketones (excluding diaryl/α,β-unsaturated/α-hetero) is 1. The van der Waals surface area contributed by atoms with Gasteiger partial charge >= 0.3 is 5.97 Å². The monoisotopic (exact) mass is 414 g/mol. The molecule has 0 N–H and O–H groups in total. The van der Waals surface area contributed by atoms with E-state index in [1.54, 1.807) is 18.2 Å². The third-order valence-corrected chi connectivity index (χ3v) is 4.46. The summed E-state index contributed by atoms with van der Waals surface area (Å²) in [7, 11) is 0. The number of esters is 1. The number of benzene rings is 3. The quantitative estimate of drug-likeness (QED) is 0.380. The Morgan fingerprint density at radius 2 is 1.46 bits per heavy atom. The van der Waals surface area contributed by atoms with E-state index in [0.717, 1.165) is 11.1 Å². The molecule has 0 bridgehead atoms. The molecule has 3 aromatic carbocycles. The molecule has 0 aromatic heterocycles. The minimum absolute atomic E-state index is 0.211. The predicted molar refractivity (Wildman–Crippen MR) is 109 cm³/mol. The van der Waals surface area contributed by atoms with Gasteiger partial charge in [-0.2, -0.15) is 0 Å². The normalized spacial score (nSPS) is 10.4. The molecule has 28 heavy (non-hydrogen) atoms. The van der Waals surface area contributed by atoms with E-state index in [1.807, 2.05) is 42.5 Å². The Hall–Kier alpha value is -2.82. The summed E-state index contributed by atoms with van der Waals surface area (Å²) in [5, 5.41) is 0.633. The smallest absolute Gasteiger partial charge is 0.344 e. The summed E-state index contributed by atoms with van der Waals surface area (Å²) in [4.78, 5) is 23.9. The average molecular weight is 415 g/mol. The van der Waals surface area contributed by atoms with E-state index in [1.165, 1.54) is 12.1 Å². The summed E-state index contributed by atoms with van der Waals surface area (Å²) in [5.74, 6) is -0.531. The van der Waals surface area contributed by atoms with Gasteiger partial charge in [-0.1, -0.05) is 65.7 Å². The molecular formula is C22H16Cl2O4.